The number of carbonyl (C=O) groups excluding carboxylic acids is 1. The molecule has 0 saturated carbocycles. The second kappa shape index (κ2) is 7.59. The Morgan fingerprint density at radius 2 is 1.97 bits per heavy atom. The van der Waals surface area contributed by atoms with Gasteiger partial charge in [0.05, 0.1) is 12.8 Å². The molecule has 4 aromatic rings. The molecule has 5 heterocycles. The zero-order valence-electron chi connectivity index (χ0n) is 19.1. The summed E-state index contributed by atoms with van der Waals surface area (Å²) >= 11 is 0. The second-order valence-corrected chi connectivity index (χ2v) is 9.54. The van der Waals surface area contributed by atoms with Crippen molar-refractivity contribution in [3.63, 3.8) is 0 Å². The number of nitrogens with zero attached hydrogens (tertiary/aromatic N) is 4. The van der Waals surface area contributed by atoms with Crippen LogP contribution in [0.4, 0.5) is 0 Å². The molecule has 33 heavy (non-hydrogen) atoms. The molecule has 0 aliphatic carbocycles. The van der Waals surface area contributed by atoms with Gasteiger partial charge >= 0.3 is 0 Å². The van der Waals surface area contributed by atoms with Crippen LogP contribution in [-0.2, 0) is 0 Å². The van der Waals surface area contributed by atoms with Gasteiger partial charge in [-0.05, 0) is 47.6 Å². The zero-order valence-corrected chi connectivity index (χ0v) is 19.1. The van der Waals surface area contributed by atoms with Crippen molar-refractivity contribution in [2.24, 2.45) is 11.8 Å². The van der Waals surface area contributed by atoms with Crippen molar-refractivity contribution in [2.75, 3.05) is 33.3 Å². The maximum absolute atomic E-state index is 13.3. The third-order valence-electron chi connectivity index (χ3n) is 7.19. The first-order valence-electron chi connectivity index (χ1n) is 11.6. The van der Waals surface area contributed by atoms with E-state index in [1.807, 2.05) is 29.3 Å². The average Bonchev–Trinajstić information content (AvgIpc) is 3.58. The normalized spacial score (nSPS) is 20.3. The van der Waals surface area contributed by atoms with Crippen molar-refractivity contribution < 1.29 is 9.53 Å². The quantitative estimate of drug-likeness (QED) is 0.504. The molecule has 8 heteroatoms. The van der Waals surface area contributed by atoms with Gasteiger partial charge in [-0.3, -0.25) is 4.79 Å². The summed E-state index contributed by atoms with van der Waals surface area (Å²) in [5.41, 5.74) is 5.63. The molecular weight excluding hydrogens is 416 g/mol. The molecule has 2 aliphatic rings. The predicted octanol–water partition coefficient (Wildman–Crippen LogP) is 3.30. The molecule has 3 aromatic heterocycles. The number of methoxy groups -OCH3 is 1. The van der Waals surface area contributed by atoms with E-state index < -0.39 is 0 Å². The molecule has 2 unspecified atom stereocenters. The number of aromatic nitrogens is 4. The van der Waals surface area contributed by atoms with Crippen LogP contribution in [0.15, 0.2) is 36.8 Å². The van der Waals surface area contributed by atoms with Crippen LogP contribution in [0.25, 0.3) is 27.8 Å². The number of ether oxygens (including phenoxy) is 1. The van der Waals surface area contributed by atoms with Gasteiger partial charge in [0.1, 0.15) is 6.33 Å². The maximum atomic E-state index is 13.3. The first-order valence-corrected chi connectivity index (χ1v) is 11.6. The van der Waals surface area contributed by atoms with E-state index in [2.05, 4.69) is 40.3 Å². The predicted molar refractivity (Wildman–Crippen MR) is 127 cm³/mol. The number of rotatable bonds is 4. The van der Waals surface area contributed by atoms with Crippen molar-refractivity contribution in [2.45, 2.75) is 19.8 Å². The molecule has 0 bridgehead atoms. The van der Waals surface area contributed by atoms with Crippen LogP contribution in [0.5, 0.6) is 5.75 Å². The van der Waals surface area contributed by atoms with E-state index in [-0.39, 0.29) is 11.8 Å². The molecule has 6 rings (SSSR count). The van der Waals surface area contributed by atoms with E-state index in [0.717, 1.165) is 53.9 Å². The maximum Gasteiger partial charge on any atom is 0.253 e. The molecule has 2 atom stereocenters. The molecular formula is C25H28N6O2. The van der Waals surface area contributed by atoms with E-state index in [1.54, 1.807) is 11.6 Å². The van der Waals surface area contributed by atoms with Crippen LogP contribution in [0.3, 0.4) is 0 Å². The summed E-state index contributed by atoms with van der Waals surface area (Å²) in [5.74, 6) is 2.24. The Kier molecular flexibility index (Phi) is 4.65. The van der Waals surface area contributed by atoms with Gasteiger partial charge in [-0.25, -0.2) is 9.50 Å². The van der Waals surface area contributed by atoms with Gasteiger partial charge in [0.25, 0.3) is 5.91 Å². The number of H-pyrrole nitrogens is 1. The Morgan fingerprint density at radius 1 is 1.18 bits per heavy atom. The third kappa shape index (κ3) is 3.20. The SMILES string of the molecule is COc1cc(-c2[nH]c3ccc(C(=O)N4CC5CNCC5C4)cc3c2C(C)C)cn2ncnc12. The summed E-state index contributed by atoms with van der Waals surface area (Å²) in [5, 5.41) is 8.83. The molecule has 1 amide bonds. The van der Waals surface area contributed by atoms with Crippen LogP contribution in [0.1, 0.15) is 35.7 Å². The first-order chi connectivity index (χ1) is 16.0. The van der Waals surface area contributed by atoms with E-state index in [9.17, 15) is 4.79 Å². The van der Waals surface area contributed by atoms with Crippen LogP contribution in [-0.4, -0.2) is 63.7 Å². The second-order valence-electron chi connectivity index (χ2n) is 9.54. The Labute approximate surface area is 191 Å². The summed E-state index contributed by atoms with van der Waals surface area (Å²) in [6.07, 6.45) is 3.49. The highest BCUT2D eigenvalue weighted by atomic mass is 16.5. The molecule has 0 spiro atoms. The average molecular weight is 445 g/mol. The molecule has 0 radical (unpaired) electrons. The highest BCUT2D eigenvalue weighted by molar-refractivity contribution is 6.01. The monoisotopic (exact) mass is 444 g/mol. The summed E-state index contributed by atoms with van der Waals surface area (Å²) < 4.78 is 7.30. The lowest BCUT2D eigenvalue weighted by Crippen LogP contribution is -2.31. The number of aromatic amines is 1. The largest absolute Gasteiger partial charge is 0.493 e. The van der Waals surface area contributed by atoms with Gasteiger partial charge in [-0.15, -0.1) is 0 Å². The number of hydrogen-bond acceptors (Lipinski definition) is 5. The van der Waals surface area contributed by atoms with E-state index in [4.69, 9.17) is 4.74 Å². The lowest BCUT2D eigenvalue weighted by Gasteiger charge is -2.18. The first kappa shape index (κ1) is 20.2. The fraction of sp³-hybridized carbons (Fsp3) is 0.400. The minimum Gasteiger partial charge on any atom is -0.493 e. The van der Waals surface area contributed by atoms with Crippen molar-refractivity contribution >= 4 is 22.5 Å². The number of hydrogen-bond donors (Lipinski definition) is 2. The molecule has 2 aliphatic heterocycles. The standard InChI is InChI=1S/C25H28N6O2/c1-14(2)22-19-6-15(25(32)30-10-17-8-26-9-18(17)11-30)4-5-20(19)29-23(22)16-7-21(33-3)24-27-13-28-31(24)12-16/h4-7,12-14,17-18,26,29H,8-11H2,1-3H3. The molecule has 2 fully saturated rings. The number of carbonyl (C=O) groups is 1. The van der Waals surface area contributed by atoms with E-state index >= 15 is 0 Å². The smallest absolute Gasteiger partial charge is 0.253 e. The lowest BCUT2D eigenvalue weighted by molar-refractivity contribution is 0.0782. The van der Waals surface area contributed by atoms with Crippen molar-refractivity contribution in [1.29, 1.82) is 0 Å². The topological polar surface area (TPSA) is 87.6 Å². The number of amides is 1. The van der Waals surface area contributed by atoms with Crippen LogP contribution >= 0.6 is 0 Å². The molecule has 2 N–H and O–H groups in total. The molecule has 170 valence electrons. The zero-order chi connectivity index (χ0) is 22.7. The van der Waals surface area contributed by atoms with Crippen molar-refractivity contribution in [3.8, 4) is 17.0 Å². The van der Waals surface area contributed by atoms with E-state index in [0.29, 0.717) is 23.2 Å². The van der Waals surface area contributed by atoms with Crippen molar-refractivity contribution in [3.05, 3.63) is 47.9 Å². The Balaban J connectivity index is 1.43. The Bertz CT molecular complexity index is 1360. The van der Waals surface area contributed by atoms with Gasteiger partial charge < -0.3 is 19.9 Å². The Hall–Kier alpha value is -3.39. The lowest BCUT2D eigenvalue weighted by atomic mass is 9.95. The summed E-state index contributed by atoms with van der Waals surface area (Å²) in [6.45, 7) is 8.10. The van der Waals surface area contributed by atoms with Gasteiger partial charge in [-0.1, -0.05) is 13.8 Å². The summed E-state index contributed by atoms with van der Waals surface area (Å²) in [4.78, 5) is 23.2. The number of likely N-dealkylation sites (tertiary alicyclic amines) is 1. The van der Waals surface area contributed by atoms with Gasteiger partial charge in [-0.2, -0.15) is 5.10 Å². The van der Waals surface area contributed by atoms with Crippen LogP contribution in [0, 0.1) is 11.8 Å². The highest BCUT2D eigenvalue weighted by Gasteiger charge is 2.38. The van der Waals surface area contributed by atoms with Gasteiger partial charge in [0.15, 0.2) is 11.4 Å². The summed E-state index contributed by atoms with van der Waals surface area (Å²) in [6, 6.07) is 8.03. The number of benzene rings is 1. The number of fused-ring (bicyclic) bond motifs is 3. The highest BCUT2D eigenvalue weighted by Crippen LogP contribution is 2.38. The van der Waals surface area contributed by atoms with E-state index in [1.165, 1.54) is 11.9 Å². The molecule has 2 saturated heterocycles. The Morgan fingerprint density at radius 3 is 2.70 bits per heavy atom. The van der Waals surface area contributed by atoms with Crippen LogP contribution < -0.4 is 10.1 Å². The van der Waals surface area contributed by atoms with Crippen molar-refractivity contribution in [1.82, 2.24) is 29.8 Å². The fourth-order valence-electron chi connectivity index (χ4n) is 5.56. The van der Waals surface area contributed by atoms with Gasteiger partial charge in [0, 0.05) is 54.4 Å². The fourth-order valence-corrected chi connectivity index (χ4v) is 5.56. The number of nitrogens with one attached hydrogen (secondary N) is 2. The summed E-state index contributed by atoms with van der Waals surface area (Å²) in [7, 11) is 1.64. The minimum atomic E-state index is 0.134. The van der Waals surface area contributed by atoms with Crippen LogP contribution in [0.2, 0.25) is 0 Å². The van der Waals surface area contributed by atoms with Gasteiger partial charge in [0.2, 0.25) is 0 Å². The minimum absolute atomic E-state index is 0.134. The third-order valence-corrected chi connectivity index (χ3v) is 7.19. The molecule has 1 aromatic carbocycles. The number of pyridine rings is 1. The molecule has 8 nitrogen and oxygen atoms in total.